The van der Waals surface area contributed by atoms with E-state index >= 15 is 0 Å². The van der Waals surface area contributed by atoms with Crippen LogP contribution in [0, 0.1) is 5.41 Å². The molecule has 0 bridgehead atoms. The van der Waals surface area contributed by atoms with E-state index in [9.17, 15) is 9.59 Å². The first-order valence-corrected chi connectivity index (χ1v) is 7.60. The van der Waals surface area contributed by atoms with Gasteiger partial charge in [0.25, 0.3) is 0 Å². The van der Waals surface area contributed by atoms with Gasteiger partial charge in [0.15, 0.2) is 0 Å². The second-order valence-electron chi connectivity index (χ2n) is 6.54. The van der Waals surface area contributed by atoms with Crippen molar-refractivity contribution in [2.45, 2.75) is 26.9 Å². The maximum atomic E-state index is 12.3. The van der Waals surface area contributed by atoms with Crippen LogP contribution in [0.25, 0.3) is 0 Å². The van der Waals surface area contributed by atoms with Gasteiger partial charge < -0.3 is 15.0 Å². The zero-order chi connectivity index (χ0) is 16.2. The Morgan fingerprint density at radius 1 is 1.27 bits per heavy atom. The summed E-state index contributed by atoms with van der Waals surface area (Å²) in [5, 5.41) is 2.70. The maximum Gasteiger partial charge on any atom is 0.242 e. The standard InChI is InChI=1S/C17H24N2O3/c1-17(2,3)16(21)18-11-15(20)19-9-10-22-14(12-19)13-7-5-4-6-8-13/h4-8,14H,9-12H2,1-3H3,(H,18,21)/t14-/m1/s1. The van der Waals surface area contributed by atoms with Crippen molar-refractivity contribution in [3.8, 4) is 0 Å². The van der Waals surface area contributed by atoms with Crippen molar-refractivity contribution >= 4 is 11.8 Å². The normalized spacial score (nSPS) is 18.9. The predicted octanol–water partition coefficient (Wildman–Crippen LogP) is 1.75. The summed E-state index contributed by atoms with van der Waals surface area (Å²) < 4.78 is 5.74. The second kappa shape index (κ2) is 6.92. The fourth-order valence-corrected chi connectivity index (χ4v) is 2.28. The van der Waals surface area contributed by atoms with E-state index in [0.29, 0.717) is 19.7 Å². The maximum absolute atomic E-state index is 12.3. The lowest BCUT2D eigenvalue weighted by molar-refractivity contribution is -0.140. The molecule has 1 saturated heterocycles. The largest absolute Gasteiger partial charge is 0.370 e. The highest BCUT2D eigenvalue weighted by atomic mass is 16.5. The summed E-state index contributed by atoms with van der Waals surface area (Å²) >= 11 is 0. The fraction of sp³-hybridized carbons (Fsp3) is 0.529. The van der Waals surface area contributed by atoms with Crippen LogP contribution in [0.5, 0.6) is 0 Å². The van der Waals surface area contributed by atoms with Crippen molar-refractivity contribution in [2.24, 2.45) is 5.41 Å². The molecule has 5 heteroatoms. The number of rotatable bonds is 3. The summed E-state index contributed by atoms with van der Waals surface area (Å²) in [6.07, 6.45) is -0.0998. The molecule has 1 aliphatic rings. The quantitative estimate of drug-likeness (QED) is 0.925. The number of nitrogens with zero attached hydrogens (tertiary/aromatic N) is 1. The Labute approximate surface area is 131 Å². The van der Waals surface area contributed by atoms with E-state index in [1.54, 1.807) is 4.90 Å². The SMILES string of the molecule is CC(C)(C)C(=O)NCC(=O)N1CCO[C@@H](c2ccccc2)C1. The molecule has 0 aromatic heterocycles. The molecule has 0 spiro atoms. The minimum Gasteiger partial charge on any atom is -0.370 e. The highest BCUT2D eigenvalue weighted by Gasteiger charge is 2.27. The van der Waals surface area contributed by atoms with Crippen molar-refractivity contribution in [3.05, 3.63) is 35.9 Å². The van der Waals surface area contributed by atoms with Crippen LogP contribution < -0.4 is 5.32 Å². The van der Waals surface area contributed by atoms with E-state index in [0.717, 1.165) is 5.56 Å². The second-order valence-corrected chi connectivity index (χ2v) is 6.54. The van der Waals surface area contributed by atoms with Crippen LogP contribution in [0.3, 0.4) is 0 Å². The van der Waals surface area contributed by atoms with E-state index in [4.69, 9.17) is 4.74 Å². The Morgan fingerprint density at radius 2 is 1.95 bits per heavy atom. The molecule has 1 aromatic carbocycles. The third kappa shape index (κ3) is 4.31. The number of carbonyl (C=O) groups is 2. The van der Waals surface area contributed by atoms with Crippen LogP contribution in [-0.2, 0) is 14.3 Å². The molecular weight excluding hydrogens is 280 g/mol. The van der Waals surface area contributed by atoms with Crippen LogP contribution in [0.2, 0.25) is 0 Å². The van der Waals surface area contributed by atoms with Gasteiger partial charge in [0.2, 0.25) is 11.8 Å². The summed E-state index contributed by atoms with van der Waals surface area (Å²) in [5.74, 6) is -0.185. The van der Waals surface area contributed by atoms with Crippen LogP contribution in [-0.4, -0.2) is 43.0 Å². The third-order valence-electron chi connectivity index (χ3n) is 3.67. The molecular formula is C17H24N2O3. The summed E-state index contributed by atoms with van der Waals surface area (Å²) in [6, 6.07) is 9.88. The fourth-order valence-electron chi connectivity index (χ4n) is 2.28. The Balaban J connectivity index is 1.89. The first-order valence-electron chi connectivity index (χ1n) is 7.60. The zero-order valence-electron chi connectivity index (χ0n) is 13.5. The van der Waals surface area contributed by atoms with E-state index in [2.05, 4.69) is 5.32 Å². The molecule has 0 saturated carbocycles. The lowest BCUT2D eigenvalue weighted by atomic mass is 9.96. The van der Waals surface area contributed by atoms with Crippen molar-refractivity contribution in [2.75, 3.05) is 26.2 Å². The Morgan fingerprint density at radius 3 is 2.59 bits per heavy atom. The first kappa shape index (κ1) is 16.5. The molecule has 120 valence electrons. The van der Waals surface area contributed by atoms with Crippen LogP contribution in [0.15, 0.2) is 30.3 Å². The van der Waals surface area contributed by atoms with Gasteiger partial charge in [-0.15, -0.1) is 0 Å². The van der Waals surface area contributed by atoms with Crippen LogP contribution in [0.1, 0.15) is 32.4 Å². The Hall–Kier alpha value is -1.88. The highest BCUT2D eigenvalue weighted by molar-refractivity contribution is 5.87. The lowest BCUT2D eigenvalue weighted by Crippen LogP contribution is -2.48. The van der Waals surface area contributed by atoms with Crippen molar-refractivity contribution in [1.82, 2.24) is 10.2 Å². The predicted molar refractivity (Wildman–Crippen MR) is 84.2 cm³/mol. The molecule has 1 N–H and O–H groups in total. The van der Waals surface area contributed by atoms with Gasteiger partial charge in [0.05, 0.1) is 19.7 Å². The number of benzene rings is 1. The number of nitrogens with one attached hydrogen (secondary N) is 1. The Kier molecular flexibility index (Phi) is 5.19. The van der Waals surface area contributed by atoms with Crippen molar-refractivity contribution < 1.29 is 14.3 Å². The minimum absolute atomic E-state index is 0.0393. The van der Waals surface area contributed by atoms with Gasteiger partial charge in [0, 0.05) is 12.0 Å². The third-order valence-corrected chi connectivity index (χ3v) is 3.67. The summed E-state index contributed by atoms with van der Waals surface area (Å²) in [6.45, 7) is 7.12. The van der Waals surface area contributed by atoms with Gasteiger partial charge in [-0.05, 0) is 5.56 Å². The summed E-state index contributed by atoms with van der Waals surface area (Å²) in [7, 11) is 0. The minimum atomic E-state index is -0.488. The van der Waals surface area contributed by atoms with Crippen LogP contribution in [0.4, 0.5) is 0 Å². The zero-order valence-corrected chi connectivity index (χ0v) is 13.5. The molecule has 0 radical (unpaired) electrons. The molecule has 0 aliphatic carbocycles. The van der Waals surface area contributed by atoms with Crippen LogP contribution >= 0.6 is 0 Å². The molecule has 1 aliphatic heterocycles. The average molecular weight is 304 g/mol. The monoisotopic (exact) mass is 304 g/mol. The number of amides is 2. The topological polar surface area (TPSA) is 58.6 Å². The summed E-state index contributed by atoms with van der Waals surface area (Å²) in [5.41, 5.74) is 0.580. The smallest absolute Gasteiger partial charge is 0.242 e. The number of ether oxygens (including phenoxy) is 1. The van der Waals surface area contributed by atoms with Gasteiger partial charge in [-0.2, -0.15) is 0 Å². The molecule has 2 rings (SSSR count). The van der Waals surface area contributed by atoms with Gasteiger partial charge in [-0.1, -0.05) is 51.1 Å². The number of morpholine rings is 1. The molecule has 5 nitrogen and oxygen atoms in total. The molecule has 1 heterocycles. The average Bonchev–Trinajstić information content (AvgIpc) is 2.52. The highest BCUT2D eigenvalue weighted by Crippen LogP contribution is 2.21. The van der Waals surface area contributed by atoms with E-state index in [-0.39, 0.29) is 24.5 Å². The van der Waals surface area contributed by atoms with Gasteiger partial charge in [-0.25, -0.2) is 0 Å². The first-order chi connectivity index (χ1) is 10.4. The van der Waals surface area contributed by atoms with Gasteiger partial charge in [-0.3, -0.25) is 9.59 Å². The van der Waals surface area contributed by atoms with E-state index < -0.39 is 5.41 Å². The van der Waals surface area contributed by atoms with Gasteiger partial charge in [0.1, 0.15) is 6.10 Å². The number of carbonyl (C=O) groups excluding carboxylic acids is 2. The molecule has 1 fully saturated rings. The molecule has 1 aromatic rings. The molecule has 22 heavy (non-hydrogen) atoms. The van der Waals surface area contributed by atoms with Gasteiger partial charge >= 0.3 is 0 Å². The number of hydrogen-bond donors (Lipinski definition) is 1. The van der Waals surface area contributed by atoms with E-state index in [1.807, 2.05) is 51.1 Å². The Bertz CT molecular complexity index is 522. The van der Waals surface area contributed by atoms with Crippen molar-refractivity contribution in [1.29, 1.82) is 0 Å². The molecule has 0 unspecified atom stereocenters. The van der Waals surface area contributed by atoms with E-state index in [1.165, 1.54) is 0 Å². The molecule has 2 amide bonds. The summed E-state index contributed by atoms with van der Waals surface area (Å²) in [4.78, 5) is 25.8. The lowest BCUT2D eigenvalue weighted by Gasteiger charge is -2.33. The molecule has 1 atom stereocenters. The van der Waals surface area contributed by atoms with Crippen molar-refractivity contribution in [3.63, 3.8) is 0 Å². The number of hydrogen-bond acceptors (Lipinski definition) is 3.